The van der Waals surface area contributed by atoms with Crippen molar-refractivity contribution in [2.24, 2.45) is 0 Å². The number of rotatable bonds is 4. The number of nitrogens with zero attached hydrogens (tertiary/aromatic N) is 1. The SMILES string of the molecule is Cc1ccccc1S(=O)(=O)Nc1oncc1-c1ccc(Cl)cc1. The number of sulfonamides is 1. The third-order valence-electron chi connectivity index (χ3n) is 3.34. The van der Waals surface area contributed by atoms with Crippen LogP contribution in [-0.4, -0.2) is 13.6 Å². The first kappa shape index (κ1) is 15.6. The molecule has 0 bridgehead atoms. The van der Waals surface area contributed by atoms with Crippen LogP contribution in [0.1, 0.15) is 5.56 Å². The van der Waals surface area contributed by atoms with Crippen LogP contribution in [0.4, 0.5) is 5.88 Å². The van der Waals surface area contributed by atoms with Gasteiger partial charge in [-0.1, -0.05) is 47.1 Å². The maximum Gasteiger partial charge on any atom is 0.264 e. The van der Waals surface area contributed by atoms with Crippen LogP contribution >= 0.6 is 11.6 Å². The molecule has 1 aromatic heterocycles. The Morgan fingerprint density at radius 1 is 1.09 bits per heavy atom. The van der Waals surface area contributed by atoms with Gasteiger partial charge in [-0.15, -0.1) is 0 Å². The predicted molar refractivity (Wildman–Crippen MR) is 88.9 cm³/mol. The maximum absolute atomic E-state index is 12.5. The molecular weight excluding hydrogens is 336 g/mol. The van der Waals surface area contributed by atoms with Gasteiger partial charge in [0.05, 0.1) is 16.7 Å². The van der Waals surface area contributed by atoms with Crippen molar-refractivity contribution >= 4 is 27.5 Å². The second-order valence-corrected chi connectivity index (χ2v) is 7.03. The molecule has 0 aliphatic carbocycles. The Labute approximate surface area is 138 Å². The van der Waals surface area contributed by atoms with Crippen molar-refractivity contribution in [1.29, 1.82) is 0 Å². The number of hydrogen-bond donors (Lipinski definition) is 1. The molecular formula is C16H13ClN2O3S. The van der Waals surface area contributed by atoms with Crippen LogP contribution in [0.5, 0.6) is 0 Å². The monoisotopic (exact) mass is 348 g/mol. The van der Waals surface area contributed by atoms with Gasteiger partial charge in [0.2, 0.25) is 5.88 Å². The van der Waals surface area contributed by atoms with E-state index in [-0.39, 0.29) is 10.8 Å². The quantitative estimate of drug-likeness (QED) is 0.770. The molecule has 3 rings (SSSR count). The van der Waals surface area contributed by atoms with Crippen LogP contribution < -0.4 is 4.72 Å². The highest BCUT2D eigenvalue weighted by Gasteiger charge is 2.21. The molecule has 2 aromatic carbocycles. The summed E-state index contributed by atoms with van der Waals surface area (Å²) in [4.78, 5) is 0.193. The maximum atomic E-state index is 12.5. The molecule has 5 nitrogen and oxygen atoms in total. The summed E-state index contributed by atoms with van der Waals surface area (Å²) in [6, 6.07) is 13.7. The van der Waals surface area contributed by atoms with Crippen LogP contribution in [0, 0.1) is 6.92 Å². The Kier molecular flexibility index (Phi) is 4.11. The van der Waals surface area contributed by atoms with E-state index >= 15 is 0 Å². The molecule has 0 radical (unpaired) electrons. The van der Waals surface area contributed by atoms with Crippen LogP contribution in [0.3, 0.4) is 0 Å². The van der Waals surface area contributed by atoms with Gasteiger partial charge in [0.1, 0.15) is 0 Å². The van der Waals surface area contributed by atoms with Crippen molar-refractivity contribution in [2.75, 3.05) is 4.72 Å². The van der Waals surface area contributed by atoms with Gasteiger partial charge in [-0.3, -0.25) is 0 Å². The number of nitrogens with one attached hydrogen (secondary N) is 1. The summed E-state index contributed by atoms with van der Waals surface area (Å²) in [5.41, 5.74) is 1.93. The fourth-order valence-corrected chi connectivity index (χ4v) is 3.56. The zero-order valence-corrected chi connectivity index (χ0v) is 13.7. The Morgan fingerprint density at radius 3 is 2.48 bits per heavy atom. The zero-order chi connectivity index (χ0) is 16.4. The first-order chi connectivity index (χ1) is 11.0. The van der Waals surface area contributed by atoms with E-state index in [4.69, 9.17) is 16.1 Å². The van der Waals surface area contributed by atoms with Crippen molar-refractivity contribution in [1.82, 2.24) is 5.16 Å². The summed E-state index contributed by atoms with van der Waals surface area (Å²) in [5, 5.41) is 4.28. The van der Waals surface area contributed by atoms with E-state index in [2.05, 4.69) is 9.88 Å². The van der Waals surface area contributed by atoms with Crippen LogP contribution in [0.15, 0.2) is 64.1 Å². The minimum Gasteiger partial charge on any atom is -0.337 e. The lowest BCUT2D eigenvalue weighted by Gasteiger charge is -2.09. The molecule has 0 unspecified atom stereocenters. The van der Waals surface area contributed by atoms with E-state index in [1.807, 2.05) is 0 Å². The van der Waals surface area contributed by atoms with Gasteiger partial charge in [-0.05, 0) is 36.2 Å². The smallest absolute Gasteiger partial charge is 0.264 e. The average Bonchev–Trinajstić information content (AvgIpc) is 2.95. The average molecular weight is 349 g/mol. The molecule has 7 heteroatoms. The van der Waals surface area contributed by atoms with Crippen molar-refractivity contribution in [3.8, 4) is 11.1 Å². The highest BCUT2D eigenvalue weighted by atomic mass is 35.5. The zero-order valence-electron chi connectivity index (χ0n) is 12.2. The Hall–Kier alpha value is -2.31. The first-order valence-electron chi connectivity index (χ1n) is 6.76. The molecule has 0 saturated heterocycles. The molecule has 1 heterocycles. The third kappa shape index (κ3) is 3.23. The van der Waals surface area contributed by atoms with Gasteiger partial charge >= 0.3 is 0 Å². The van der Waals surface area contributed by atoms with Crippen molar-refractivity contribution in [2.45, 2.75) is 11.8 Å². The van der Waals surface area contributed by atoms with Crippen molar-refractivity contribution in [3.05, 3.63) is 65.3 Å². The molecule has 118 valence electrons. The minimum absolute atomic E-state index is 0.0653. The second kappa shape index (κ2) is 6.06. The van der Waals surface area contributed by atoms with Crippen LogP contribution in [0.2, 0.25) is 5.02 Å². The summed E-state index contributed by atoms with van der Waals surface area (Å²) in [5.74, 6) is 0.0653. The van der Waals surface area contributed by atoms with Crippen LogP contribution in [-0.2, 0) is 10.0 Å². The van der Waals surface area contributed by atoms with Crippen molar-refractivity contribution < 1.29 is 12.9 Å². The largest absolute Gasteiger partial charge is 0.337 e. The number of anilines is 1. The van der Waals surface area contributed by atoms with Gasteiger partial charge in [-0.2, -0.15) is 0 Å². The summed E-state index contributed by atoms with van der Waals surface area (Å²) < 4.78 is 32.6. The van der Waals surface area contributed by atoms with Gasteiger partial charge < -0.3 is 4.52 Å². The normalized spacial score (nSPS) is 11.4. The molecule has 0 saturated carbocycles. The van der Waals surface area contributed by atoms with E-state index in [0.29, 0.717) is 16.1 Å². The number of hydrogen-bond acceptors (Lipinski definition) is 4. The summed E-state index contributed by atoms with van der Waals surface area (Å²) >= 11 is 5.87. The predicted octanol–water partition coefficient (Wildman–Crippen LogP) is 4.10. The number of benzene rings is 2. The Bertz CT molecular complexity index is 934. The molecule has 0 aliphatic heterocycles. The molecule has 23 heavy (non-hydrogen) atoms. The van der Waals surface area contributed by atoms with Crippen molar-refractivity contribution in [3.63, 3.8) is 0 Å². The standard InChI is InChI=1S/C16H13ClN2O3S/c1-11-4-2-3-5-15(11)23(20,21)19-16-14(10-18-22-16)12-6-8-13(17)9-7-12/h2-10,19H,1H3. The Morgan fingerprint density at radius 2 is 1.78 bits per heavy atom. The highest BCUT2D eigenvalue weighted by molar-refractivity contribution is 7.92. The number of aryl methyl sites for hydroxylation is 1. The van der Waals surface area contributed by atoms with Gasteiger partial charge in [0.25, 0.3) is 10.0 Å². The molecule has 0 atom stereocenters. The number of aromatic nitrogens is 1. The molecule has 0 aliphatic rings. The topological polar surface area (TPSA) is 72.2 Å². The summed E-state index contributed by atoms with van der Waals surface area (Å²) in [7, 11) is -3.76. The van der Waals surface area contributed by atoms with E-state index in [9.17, 15) is 8.42 Å². The van der Waals surface area contributed by atoms with Gasteiger partial charge in [0, 0.05) is 5.02 Å². The van der Waals surface area contributed by atoms with Gasteiger partial charge in [0.15, 0.2) is 0 Å². The minimum atomic E-state index is -3.76. The van der Waals surface area contributed by atoms with E-state index in [0.717, 1.165) is 5.56 Å². The Balaban J connectivity index is 1.97. The van der Waals surface area contributed by atoms with E-state index in [1.54, 1.807) is 49.4 Å². The summed E-state index contributed by atoms with van der Waals surface area (Å²) in [6.07, 6.45) is 1.46. The van der Waals surface area contributed by atoms with Gasteiger partial charge in [-0.25, -0.2) is 13.1 Å². The number of halogens is 1. The first-order valence-corrected chi connectivity index (χ1v) is 8.62. The lowest BCUT2D eigenvalue weighted by molar-refractivity contribution is 0.435. The molecule has 0 spiro atoms. The molecule has 1 N–H and O–H groups in total. The highest BCUT2D eigenvalue weighted by Crippen LogP contribution is 2.30. The molecule has 3 aromatic rings. The third-order valence-corrected chi connectivity index (χ3v) is 5.08. The fraction of sp³-hybridized carbons (Fsp3) is 0.0625. The van der Waals surface area contributed by atoms with Crippen LogP contribution in [0.25, 0.3) is 11.1 Å². The van der Waals surface area contributed by atoms with E-state index < -0.39 is 10.0 Å². The summed E-state index contributed by atoms with van der Waals surface area (Å²) in [6.45, 7) is 1.73. The van der Waals surface area contributed by atoms with E-state index in [1.165, 1.54) is 12.3 Å². The molecule has 0 fully saturated rings. The molecule has 0 amide bonds. The lowest BCUT2D eigenvalue weighted by Crippen LogP contribution is -2.14. The fourth-order valence-electron chi connectivity index (χ4n) is 2.18. The second-order valence-electron chi connectivity index (χ2n) is 4.95. The lowest BCUT2D eigenvalue weighted by atomic mass is 10.1.